The fraction of sp³-hybridized carbons (Fsp3) is 0.562. The molecule has 0 N–H and O–H groups in total. The van der Waals surface area contributed by atoms with Crippen molar-refractivity contribution in [1.29, 1.82) is 0 Å². The molecule has 1 atom stereocenters. The van der Waals surface area contributed by atoms with E-state index in [1.165, 1.54) is 16.7 Å². The predicted molar refractivity (Wildman–Crippen MR) is 160 cm³/mol. The highest BCUT2D eigenvalue weighted by Gasteiger charge is 2.73. The number of benzene rings is 2. The second kappa shape index (κ2) is 13.7. The van der Waals surface area contributed by atoms with Gasteiger partial charge in [0.05, 0.1) is 11.5 Å². The van der Waals surface area contributed by atoms with Gasteiger partial charge in [0.2, 0.25) is 5.91 Å². The minimum Gasteiger partial charge on any atom is -0.381 e. The molecule has 0 saturated carbocycles. The van der Waals surface area contributed by atoms with Crippen molar-refractivity contribution >= 4 is 21.8 Å². The maximum atomic E-state index is 14.5. The first-order chi connectivity index (χ1) is 22.9. The van der Waals surface area contributed by atoms with Gasteiger partial charge in [-0.2, -0.15) is 26.3 Å². The smallest absolute Gasteiger partial charge is 0.381 e. The van der Waals surface area contributed by atoms with Crippen LogP contribution in [-0.2, 0) is 34.5 Å². The van der Waals surface area contributed by atoms with Gasteiger partial charge in [-0.15, -0.1) is 0 Å². The number of sulfone groups is 1. The van der Waals surface area contributed by atoms with Crippen LogP contribution in [0.3, 0.4) is 0 Å². The van der Waals surface area contributed by atoms with Crippen molar-refractivity contribution in [2.24, 2.45) is 5.92 Å². The summed E-state index contributed by atoms with van der Waals surface area (Å²) in [5.41, 5.74) is -6.15. The molecule has 3 aliphatic rings. The highest BCUT2D eigenvalue weighted by atomic mass is 32.2. The maximum absolute atomic E-state index is 14.5. The van der Waals surface area contributed by atoms with Gasteiger partial charge in [-0.1, -0.05) is 24.3 Å². The van der Waals surface area contributed by atoms with Crippen LogP contribution >= 0.6 is 0 Å². The van der Waals surface area contributed by atoms with E-state index < -0.39 is 69.0 Å². The molecule has 3 aliphatic heterocycles. The summed E-state index contributed by atoms with van der Waals surface area (Å²) in [4.78, 5) is 29.2. The minimum absolute atomic E-state index is 0.114. The van der Waals surface area contributed by atoms with E-state index in [0.717, 1.165) is 36.4 Å². The van der Waals surface area contributed by atoms with Gasteiger partial charge < -0.3 is 24.2 Å². The summed E-state index contributed by atoms with van der Waals surface area (Å²) in [6.07, 6.45) is -11.7. The monoisotopic (exact) mass is 723 g/mol. The molecule has 0 unspecified atom stereocenters. The molecular formula is C32H36F7N3O6S. The highest BCUT2D eigenvalue weighted by molar-refractivity contribution is 7.92. The SMILES string of the molecule is CC(=O)N1CCN(C(=O)N2CC[C@](c3ccc(C(OCC4CCOCC4)(C(F)(F)F)C(F)(F)F)cc3)(S(=O)(=O)c3ccc(F)cc3)C2)CC1. The average molecular weight is 724 g/mol. The third-order valence-corrected chi connectivity index (χ3v) is 12.1. The first-order valence-corrected chi connectivity index (χ1v) is 17.2. The van der Waals surface area contributed by atoms with Crippen LogP contribution in [0.1, 0.15) is 37.3 Å². The van der Waals surface area contributed by atoms with Crippen molar-refractivity contribution in [3.63, 3.8) is 0 Å². The van der Waals surface area contributed by atoms with E-state index in [-0.39, 0.29) is 81.6 Å². The lowest BCUT2D eigenvalue weighted by Gasteiger charge is -2.39. The molecule has 270 valence electrons. The number of hydrogen-bond donors (Lipinski definition) is 0. The van der Waals surface area contributed by atoms with Crippen molar-refractivity contribution in [3.05, 3.63) is 65.5 Å². The summed E-state index contributed by atoms with van der Waals surface area (Å²) >= 11 is 0. The van der Waals surface area contributed by atoms with Crippen LogP contribution in [0, 0.1) is 11.7 Å². The van der Waals surface area contributed by atoms with Crippen molar-refractivity contribution in [1.82, 2.24) is 14.7 Å². The van der Waals surface area contributed by atoms with Gasteiger partial charge in [-0.25, -0.2) is 17.6 Å². The Kier molecular flexibility index (Phi) is 10.3. The van der Waals surface area contributed by atoms with Crippen LogP contribution in [0.2, 0.25) is 0 Å². The van der Waals surface area contributed by atoms with E-state index in [9.17, 15) is 48.7 Å². The number of carbonyl (C=O) groups excluding carboxylic acids is 2. The molecule has 0 aliphatic carbocycles. The van der Waals surface area contributed by atoms with E-state index in [1.807, 2.05) is 0 Å². The number of halogens is 7. The lowest BCUT2D eigenvalue weighted by Crippen LogP contribution is -2.56. The van der Waals surface area contributed by atoms with Crippen molar-refractivity contribution in [2.45, 2.75) is 53.8 Å². The number of hydrogen-bond acceptors (Lipinski definition) is 6. The number of alkyl halides is 6. The standard InChI is InChI=1S/C32H36F7N3O6S/c1-22(43)40-14-16-41(17-15-40)28(44)42-13-12-29(21-42,49(45,46)27-8-6-26(33)7-9-27)24-2-4-25(5-3-24)30(31(34,35)36,32(37,38)39)48-20-23-10-18-47-19-11-23/h2-9,23H,10-21H2,1H3/t29-/m0/s1. The molecule has 5 rings (SSSR count). The van der Waals surface area contributed by atoms with E-state index in [2.05, 4.69) is 0 Å². The summed E-state index contributed by atoms with van der Waals surface area (Å²) in [6, 6.07) is 6.20. The van der Waals surface area contributed by atoms with Crippen LogP contribution in [0.15, 0.2) is 53.4 Å². The number of likely N-dealkylation sites (tertiary alicyclic amines) is 1. The molecule has 3 amide bonds. The van der Waals surface area contributed by atoms with Crippen molar-refractivity contribution in [2.75, 3.05) is 59.1 Å². The molecule has 9 nitrogen and oxygen atoms in total. The fourth-order valence-electron chi connectivity index (χ4n) is 6.71. The molecular weight excluding hydrogens is 687 g/mol. The van der Waals surface area contributed by atoms with Crippen LogP contribution in [0.5, 0.6) is 0 Å². The number of rotatable bonds is 7. The molecule has 0 bridgehead atoms. The Bertz CT molecular complexity index is 1590. The maximum Gasteiger partial charge on any atom is 0.430 e. The van der Waals surface area contributed by atoms with E-state index in [4.69, 9.17) is 9.47 Å². The molecule has 2 aromatic rings. The van der Waals surface area contributed by atoms with E-state index in [0.29, 0.717) is 12.1 Å². The van der Waals surface area contributed by atoms with Crippen LogP contribution in [0.25, 0.3) is 0 Å². The Hall–Kier alpha value is -3.44. The second-order valence-corrected chi connectivity index (χ2v) is 14.8. The average Bonchev–Trinajstić information content (AvgIpc) is 3.52. The van der Waals surface area contributed by atoms with Crippen LogP contribution in [0.4, 0.5) is 35.5 Å². The third-order valence-electron chi connectivity index (χ3n) is 9.63. The Labute approximate surface area is 278 Å². The molecule has 0 spiro atoms. The first-order valence-electron chi connectivity index (χ1n) is 15.7. The normalized spacial score (nSPS) is 21.7. The summed E-state index contributed by atoms with van der Waals surface area (Å²) in [5, 5.41) is 0. The first kappa shape index (κ1) is 36.8. The lowest BCUT2D eigenvalue weighted by molar-refractivity contribution is -0.391. The number of urea groups is 1. The van der Waals surface area contributed by atoms with Gasteiger partial charge >= 0.3 is 18.4 Å². The predicted octanol–water partition coefficient (Wildman–Crippen LogP) is 5.25. The van der Waals surface area contributed by atoms with Gasteiger partial charge in [0, 0.05) is 65.0 Å². The number of piperazine rings is 1. The summed E-state index contributed by atoms with van der Waals surface area (Å²) in [6.45, 7) is 1.16. The molecule has 2 aromatic carbocycles. The number of ether oxygens (including phenoxy) is 2. The summed E-state index contributed by atoms with van der Waals surface area (Å²) < 4.78 is 138. The Morgan fingerprint density at radius 3 is 1.92 bits per heavy atom. The largest absolute Gasteiger partial charge is 0.430 e. The number of amides is 3. The summed E-state index contributed by atoms with van der Waals surface area (Å²) in [7, 11) is -4.54. The van der Waals surface area contributed by atoms with Gasteiger partial charge in [-0.05, 0) is 55.0 Å². The Morgan fingerprint density at radius 2 is 1.39 bits per heavy atom. The van der Waals surface area contributed by atoms with Gasteiger partial charge in [0.15, 0.2) is 9.84 Å². The quantitative estimate of drug-likeness (QED) is 0.286. The molecule has 0 radical (unpaired) electrons. The lowest BCUT2D eigenvalue weighted by atomic mass is 9.88. The van der Waals surface area contributed by atoms with Crippen LogP contribution in [-0.4, -0.2) is 106 Å². The Morgan fingerprint density at radius 1 is 0.837 bits per heavy atom. The third kappa shape index (κ3) is 6.85. The zero-order chi connectivity index (χ0) is 35.8. The molecule has 0 aromatic heterocycles. The van der Waals surface area contributed by atoms with Gasteiger partial charge in [0.25, 0.3) is 5.60 Å². The summed E-state index contributed by atoms with van der Waals surface area (Å²) in [5.74, 6) is -1.51. The topological polar surface area (TPSA) is 96.5 Å². The molecule has 17 heteroatoms. The van der Waals surface area contributed by atoms with Crippen molar-refractivity contribution in [3.8, 4) is 0 Å². The fourth-order valence-corrected chi connectivity index (χ4v) is 8.78. The minimum atomic E-state index is -5.95. The van der Waals surface area contributed by atoms with Crippen molar-refractivity contribution < 1.29 is 58.2 Å². The van der Waals surface area contributed by atoms with Gasteiger partial charge in [-0.3, -0.25) is 4.79 Å². The van der Waals surface area contributed by atoms with Gasteiger partial charge in [0.1, 0.15) is 10.6 Å². The molecule has 3 fully saturated rings. The highest BCUT2D eigenvalue weighted by Crippen LogP contribution is 2.54. The molecule has 3 heterocycles. The molecule has 49 heavy (non-hydrogen) atoms. The Balaban J connectivity index is 1.53. The zero-order valence-electron chi connectivity index (χ0n) is 26.5. The number of nitrogens with zero attached hydrogens (tertiary/aromatic N) is 3. The van der Waals surface area contributed by atoms with E-state index >= 15 is 0 Å². The number of carbonyl (C=O) groups is 2. The van der Waals surface area contributed by atoms with Crippen LogP contribution < -0.4 is 0 Å². The molecule has 3 saturated heterocycles. The zero-order valence-corrected chi connectivity index (χ0v) is 27.3. The van der Waals surface area contributed by atoms with E-state index in [1.54, 1.807) is 4.90 Å². The second-order valence-electron chi connectivity index (χ2n) is 12.5.